The van der Waals surface area contributed by atoms with Crippen LogP contribution in [0.15, 0.2) is 16.5 Å². The van der Waals surface area contributed by atoms with Gasteiger partial charge in [0.1, 0.15) is 11.5 Å². The van der Waals surface area contributed by atoms with Gasteiger partial charge in [-0.05, 0) is 24.8 Å². The Morgan fingerprint density at radius 3 is 2.81 bits per heavy atom. The van der Waals surface area contributed by atoms with Gasteiger partial charge in [-0.1, -0.05) is 5.92 Å². The van der Waals surface area contributed by atoms with E-state index in [1.165, 1.54) is 12.1 Å². The van der Waals surface area contributed by atoms with Crippen molar-refractivity contribution >= 4 is 11.8 Å². The number of hydrogen-bond donors (Lipinski definition) is 0. The molecule has 1 aliphatic rings. The molecule has 112 valence electrons. The summed E-state index contributed by atoms with van der Waals surface area (Å²) in [7, 11) is 0. The summed E-state index contributed by atoms with van der Waals surface area (Å²) in [4.78, 5) is 23.7. The zero-order valence-electron chi connectivity index (χ0n) is 11.5. The molecule has 21 heavy (non-hydrogen) atoms. The fourth-order valence-corrected chi connectivity index (χ4v) is 2.28. The van der Waals surface area contributed by atoms with Crippen LogP contribution in [0.4, 0.5) is 5.88 Å². The standard InChI is InChI=1S/C14H16N2O5/c1-2-9-20-10-11-5-7-15(8-6-11)14(17)12-3-4-13(21-12)16(18)19/h1,3-4,11H,5-10H2. The highest BCUT2D eigenvalue weighted by molar-refractivity contribution is 5.91. The maximum atomic E-state index is 12.2. The minimum atomic E-state index is -0.661. The Morgan fingerprint density at radius 2 is 2.24 bits per heavy atom. The highest BCUT2D eigenvalue weighted by atomic mass is 16.6. The quantitative estimate of drug-likeness (QED) is 0.357. The van der Waals surface area contributed by atoms with E-state index in [-0.39, 0.29) is 11.7 Å². The number of ether oxygens (including phenoxy) is 1. The van der Waals surface area contributed by atoms with Crippen LogP contribution >= 0.6 is 0 Å². The Balaban J connectivity index is 1.85. The van der Waals surface area contributed by atoms with Crippen LogP contribution in [0.2, 0.25) is 0 Å². The highest BCUT2D eigenvalue weighted by Gasteiger charge is 2.26. The maximum Gasteiger partial charge on any atom is 0.433 e. The fraction of sp³-hybridized carbons (Fsp3) is 0.500. The highest BCUT2D eigenvalue weighted by Crippen LogP contribution is 2.22. The molecule has 1 aromatic rings. The molecular weight excluding hydrogens is 276 g/mol. The minimum absolute atomic E-state index is 0.00346. The monoisotopic (exact) mass is 292 g/mol. The zero-order chi connectivity index (χ0) is 15.2. The summed E-state index contributed by atoms with van der Waals surface area (Å²) in [6, 6.07) is 2.52. The molecule has 0 saturated carbocycles. The Morgan fingerprint density at radius 1 is 1.52 bits per heavy atom. The van der Waals surface area contributed by atoms with Gasteiger partial charge in [-0.25, -0.2) is 0 Å². The predicted octanol–water partition coefficient (Wildman–Crippen LogP) is 1.69. The molecule has 0 unspecified atom stereocenters. The Kier molecular flexibility index (Phi) is 4.95. The summed E-state index contributed by atoms with van der Waals surface area (Å²) < 4.78 is 10.2. The van der Waals surface area contributed by atoms with Crippen LogP contribution in [0.1, 0.15) is 23.4 Å². The normalized spacial score (nSPS) is 15.7. The van der Waals surface area contributed by atoms with E-state index in [4.69, 9.17) is 15.6 Å². The lowest BCUT2D eigenvalue weighted by atomic mass is 9.97. The smallest absolute Gasteiger partial charge is 0.395 e. The molecule has 1 fully saturated rings. The average Bonchev–Trinajstić information content (AvgIpc) is 2.97. The molecule has 1 amide bonds. The third kappa shape index (κ3) is 3.83. The second-order valence-electron chi connectivity index (χ2n) is 4.85. The summed E-state index contributed by atoms with van der Waals surface area (Å²) in [6.45, 7) is 2.06. The van der Waals surface area contributed by atoms with Gasteiger partial charge in [0.15, 0.2) is 5.76 Å². The van der Waals surface area contributed by atoms with E-state index in [9.17, 15) is 14.9 Å². The molecular formula is C14H16N2O5. The second-order valence-corrected chi connectivity index (χ2v) is 4.85. The number of hydrogen-bond acceptors (Lipinski definition) is 5. The summed E-state index contributed by atoms with van der Waals surface area (Å²) in [5.41, 5.74) is 0. The zero-order valence-corrected chi connectivity index (χ0v) is 11.5. The summed E-state index contributed by atoms with van der Waals surface area (Å²) in [6.07, 6.45) is 6.74. The van der Waals surface area contributed by atoms with Gasteiger partial charge in [0.05, 0.1) is 12.7 Å². The van der Waals surface area contributed by atoms with Crippen LogP contribution < -0.4 is 0 Å². The average molecular weight is 292 g/mol. The number of furan rings is 1. The number of carbonyl (C=O) groups is 1. The van der Waals surface area contributed by atoms with Crippen molar-refractivity contribution < 1.29 is 18.9 Å². The lowest BCUT2D eigenvalue weighted by molar-refractivity contribution is -0.402. The molecule has 0 aromatic carbocycles. The van der Waals surface area contributed by atoms with Crippen LogP contribution in [0.25, 0.3) is 0 Å². The van der Waals surface area contributed by atoms with Gasteiger partial charge in [-0.15, -0.1) is 6.42 Å². The Bertz CT molecular complexity index is 552. The van der Waals surface area contributed by atoms with Gasteiger partial charge in [0, 0.05) is 13.1 Å². The van der Waals surface area contributed by atoms with Gasteiger partial charge >= 0.3 is 5.88 Å². The van der Waals surface area contributed by atoms with Gasteiger partial charge in [0.25, 0.3) is 5.91 Å². The SMILES string of the molecule is C#CCOCC1CCN(C(=O)c2ccc([N+](=O)[O-])o2)CC1. The van der Waals surface area contributed by atoms with Gasteiger partial charge in [-0.3, -0.25) is 14.9 Å². The van der Waals surface area contributed by atoms with Crippen LogP contribution in [0.3, 0.4) is 0 Å². The van der Waals surface area contributed by atoms with E-state index < -0.39 is 10.8 Å². The predicted molar refractivity (Wildman–Crippen MR) is 73.6 cm³/mol. The van der Waals surface area contributed by atoms with Crippen molar-refractivity contribution in [3.05, 3.63) is 28.0 Å². The van der Waals surface area contributed by atoms with E-state index in [0.717, 1.165) is 12.8 Å². The number of amides is 1. The maximum absolute atomic E-state index is 12.2. The van der Waals surface area contributed by atoms with Crippen molar-refractivity contribution in [2.24, 2.45) is 5.92 Å². The lowest BCUT2D eigenvalue weighted by Crippen LogP contribution is -2.39. The van der Waals surface area contributed by atoms with E-state index in [1.54, 1.807) is 4.90 Å². The summed E-state index contributed by atoms with van der Waals surface area (Å²) >= 11 is 0. The molecule has 2 rings (SSSR count). The molecule has 1 aromatic heterocycles. The second kappa shape index (κ2) is 6.90. The first-order valence-electron chi connectivity index (χ1n) is 6.66. The molecule has 0 atom stereocenters. The Hall–Kier alpha value is -2.33. The number of nitrogens with zero attached hydrogens (tertiary/aromatic N) is 2. The van der Waals surface area contributed by atoms with Gasteiger partial charge < -0.3 is 14.1 Å². The molecule has 0 spiro atoms. The number of carbonyl (C=O) groups excluding carboxylic acids is 1. The van der Waals surface area contributed by atoms with Crippen molar-refractivity contribution in [1.82, 2.24) is 4.90 Å². The topological polar surface area (TPSA) is 85.8 Å². The third-order valence-electron chi connectivity index (χ3n) is 3.42. The van der Waals surface area contributed by atoms with Crippen LogP contribution in [0.5, 0.6) is 0 Å². The number of likely N-dealkylation sites (tertiary alicyclic amines) is 1. The fourth-order valence-electron chi connectivity index (χ4n) is 2.28. The van der Waals surface area contributed by atoms with Crippen molar-refractivity contribution in [1.29, 1.82) is 0 Å². The molecule has 7 nitrogen and oxygen atoms in total. The molecule has 7 heteroatoms. The molecule has 0 aliphatic carbocycles. The molecule has 2 heterocycles. The van der Waals surface area contributed by atoms with E-state index in [0.29, 0.717) is 32.2 Å². The van der Waals surface area contributed by atoms with Crippen LogP contribution in [-0.4, -0.2) is 42.0 Å². The molecule has 1 aliphatic heterocycles. The number of nitro groups is 1. The number of rotatable bonds is 5. The molecule has 0 radical (unpaired) electrons. The first-order chi connectivity index (χ1) is 10.1. The van der Waals surface area contributed by atoms with E-state index >= 15 is 0 Å². The molecule has 0 N–H and O–H groups in total. The van der Waals surface area contributed by atoms with Gasteiger partial charge in [0.2, 0.25) is 0 Å². The molecule has 1 saturated heterocycles. The third-order valence-corrected chi connectivity index (χ3v) is 3.42. The molecule has 0 bridgehead atoms. The first-order valence-corrected chi connectivity index (χ1v) is 6.66. The van der Waals surface area contributed by atoms with Crippen molar-refractivity contribution in [3.63, 3.8) is 0 Å². The van der Waals surface area contributed by atoms with Crippen molar-refractivity contribution in [2.75, 3.05) is 26.3 Å². The summed E-state index contributed by atoms with van der Waals surface area (Å²) in [5, 5.41) is 10.5. The van der Waals surface area contributed by atoms with Crippen LogP contribution in [-0.2, 0) is 4.74 Å². The number of terminal acetylenes is 1. The lowest BCUT2D eigenvalue weighted by Gasteiger charge is -2.31. The Labute approximate surface area is 122 Å². The van der Waals surface area contributed by atoms with Gasteiger partial charge in [-0.2, -0.15) is 0 Å². The van der Waals surface area contributed by atoms with Crippen LogP contribution in [0, 0.1) is 28.4 Å². The summed E-state index contributed by atoms with van der Waals surface area (Å²) in [5.74, 6) is 2.06. The number of piperidine rings is 1. The first kappa shape index (κ1) is 15.1. The van der Waals surface area contributed by atoms with Crippen molar-refractivity contribution in [2.45, 2.75) is 12.8 Å². The minimum Gasteiger partial charge on any atom is -0.395 e. The largest absolute Gasteiger partial charge is 0.433 e. The van der Waals surface area contributed by atoms with E-state index in [2.05, 4.69) is 5.92 Å². The van der Waals surface area contributed by atoms with E-state index in [1.807, 2.05) is 0 Å². The van der Waals surface area contributed by atoms with Crippen molar-refractivity contribution in [3.8, 4) is 12.3 Å².